The second-order valence-corrected chi connectivity index (χ2v) is 4.84. The summed E-state index contributed by atoms with van der Waals surface area (Å²) in [4.78, 5) is 22.4. The highest BCUT2D eigenvalue weighted by Crippen LogP contribution is 2.36. The Morgan fingerprint density at radius 2 is 2.15 bits per heavy atom. The second-order valence-electron chi connectivity index (χ2n) is 4.84. The van der Waals surface area contributed by atoms with Crippen LogP contribution in [0.2, 0.25) is 0 Å². The predicted molar refractivity (Wildman–Crippen MR) is 72.7 cm³/mol. The third-order valence-corrected chi connectivity index (χ3v) is 3.48. The molecule has 0 bridgehead atoms. The van der Waals surface area contributed by atoms with Gasteiger partial charge in [-0.15, -0.1) is 0 Å². The summed E-state index contributed by atoms with van der Waals surface area (Å²) in [5, 5.41) is 10.1. The molecule has 1 saturated heterocycles. The quantitative estimate of drug-likeness (QED) is 0.898. The summed E-state index contributed by atoms with van der Waals surface area (Å²) in [6.45, 7) is 2.39. The van der Waals surface area contributed by atoms with Crippen molar-refractivity contribution in [1.29, 1.82) is 0 Å². The van der Waals surface area contributed by atoms with Gasteiger partial charge in [-0.3, -0.25) is 0 Å². The van der Waals surface area contributed by atoms with Crippen LogP contribution in [-0.2, 0) is 0 Å². The molecule has 104 valence electrons. The van der Waals surface area contributed by atoms with Crippen LogP contribution in [-0.4, -0.2) is 21.6 Å². The Bertz CT molecular complexity index is 669. The van der Waals surface area contributed by atoms with E-state index >= 15 is 0 Å². The summed E-state index contributed by atoms with van der Waals surface area (Å²) >= 11 is 0. The fourth-order valence-corrected chi connectivity index (χ4v) is 2.66. The molecule has 1 N–H and O–H groups in total. The SMILES string of the molecule is Cc1cc(O)c(C2CCCN2c2ncccn2)c(=O)o1. The zero-order chi connectivity index (χ0) is 14.1. The molecule has 3 rings (SSSR count). The summed E-state index contributed by atoms with van der Waals surface area (Å²) in [6, 6.07) is 2.97. The van der Waals surface area contributed by atoms with Crippen LogP contribution in [0.25, 0.3) is 0 Å². The predicted octanol–water partition coefficient (Wildman–Crippen LogP) is 1.79. The van der Waals surface area contributed by atoms with Gasteiger partial charge in [0.1, 0.15) is 17.1 Å². The Balaban J connectivity index is 2.04. The summed E-state index contributed by atoms with van der Waals surface area (Å²) in [5.41, 5.74) is -0.198. The Kier molecular flexibility index (Phi) is 3.14. The number of aryl methyl sites for hydroxylation is 1. The summed E-state index contributed by atoms with van der Waals surface area (Å²) < 4.78 is 5.10. The largest absolute Gasteiger partial charge is 0.507 e. The van der Waals surface area contributed by atoms with Gasteiger partial charge in [-0.1, -0.05) is 0 Å². The Morgan fingerprint density at radius 3 is 2.85 bits per heavy atom. The molecule has 0 radical (unpaired) electrons. The van der Waals surface area contributed by atoms with Crippen LogP contribution < -0.4 is 10.5 Å². The van der Waals surface area contributed by atoms with E-state index in [1.165, 1.54) is 6.07 Å². The first-order valence-electron chi connectivity index (χ1n) is 6.54. The summed E-state index contributed by atoms with van der Waals surface area (Å²) in [7, 11) is 0. The van der Waals surface area contributed by atoms with Gasteiger partial charge >= 0.3 is 5.63 Å². The molecule has 0 amide bonds. The molecule has 6 heteroatoms. The zero-order valence-corrected chi connectivity index (χ0v) is 11.1. The van der Waals surface area contributed by atoms with Crippen LogP contribution in [0.3, 0.4) is 0 Å². The number of anilines is 1. The van der Waals surface area contributed by atoms with E-state index in [0.29, 0.717) is 17.3 Å². The number of hydrogen-bond acceptors (Lipinski definition) is 6. The lowest BCUT2D eigenvalue weighted by Gasteiger charge is -2.24. The summed E-state index contributed by atoms with van der Waals surface area (Å²) in [6.07, 6.45) is 5.00. The first-order valence-corrected chi connectivity index (χ1v) is 6.54. The van der Waals surface area contributed by atoms with Gasteiger partial charge in [0.25, 0.3) is 0 Å². The van der Waals surface area contributed by atoms with Crippen molar-refractivity contribution in [2.75, 3.05) is 11.4 Å². The minimum atomic E-state index is -0.490. The van der Waals surface area contributed by atoms with E-state index in [4.69, 9.17) is 4.42 Å². The summed E-state index contributed by atoms with van der Waals surface area (Å²) in [5.74, 6) is 0.942. The van der Waals surface area contributed by atoms with Crippen LogP contribution in [0.5, 0.6) is 5.75 Å². The molecule has 0 aromatic carbocycles. The smallest absolute Gasteiger partial charge is 0.344 e. The molecule has 2 aromatic heterocycles. The molecule has 3 heterocycles. The molecule has 1 unspecified atom stereocenters. The maximum absolute atomic E-state index is 12.0. The minimum absolute atomic E-state index is 0.0217. The lowest BCUT2D eigenvalue weighted by atomic mass is 10.1. The first kappa shape index (κ1) is 12.7. The molecule has 0 saturated carbocycles. The van der Waals surface area contributed by atoms with Gasteiger partial charge in [-0.2, -0.15) is 0 Å². The Labute approximate surface area is 115 Å². The fraction of sp³-hybridized carbons (Fsp3) is 0.357. The van der Waals surface area contributed by atoms with E-state index in [0.717, 1.165) is 19.4 Å². The van der Waals surface area contributed by atoms with Gasteiger partial charge in [0, 0.05) is 25.0 Å². The van der Waals surface area contributed by atoms with E-state index in [1.54, 1.807) is 25.4 Å². The molecule has 6 nitrogen and oxygen atoms in total. The first-order chi connectivity index (χ1) is 9.66. The van der Waals surface area contributed by atoms with Crippen molar-refractivity contribution in [2.45, 2.75) is 25.8 Å². The monoisotopic (exact) mass is 273 g/mol. The van der Waals surface area contributed by atoms with Gasteiger partial charge in [0.2, 0.25) is 5.95 Å². The van der Waals surface area contributed by atoms with Crippen LogP contribution in [0.4, 0.5) is 5.95 Å². The Hall–Kier alpha value is -2.37. The normalized spacial score (nSPS) is 18.4. The standard InChI is InChI=1S/C14H15N3O3/c1-9-8-11(18)12(13(19)20-9)10-4-2-7-17(10)14-15-5-3-6-16-14/h3,5-6,8,10,18H,2,4,7H2,1H3. The van der Waals surface area contributed by atoms with E-state index in [9.17, 15) is 9.90 Å². The van der Waals surface area contributed by atoms with Gasteiger partial charge in [0.05, 0.1) is 6.04 Å². The van der Waals surface area contributed by atoms with Crippen molar-refractivity contribution in [2.24, 2.45) is 0 Å². The Morgan fingerprint density at radius 1 is 1.40 bits per heavy atom. The van der Waals surface area contributed by atoms with Crippen molar-refractivity contribution in [3.05, 3.63) is 46.3 Å². The number of hydrogen-bond donors (Lipinski definition) is 1. The van der Waals surface area contributed by atoms with Gasteiger partial charge in [-0.25, -0.2) is 14.8 Å². The van der Waals surface area contributed by atoms with Crippen LogP contribution >= 0.6 is 0 Å². The van der Waals surface area contributed by atoms with E-state index in [2.05, 4.69) is 9.97 Å². The molecule has 1 fully saturated rings. The highest BCUT2D eigenvalue weighted by molar-refractivity contribution is 5.42. The van der Waals surface area contributed by atoms with Crippen molar-refractivity contribution in [3.63, 3.8) is 0 Å². The van der Waals surface area contributed by atoms with Crippen LogP contribution in [0, 0.1) is 6.92 Å². The van der Waals surface area contributed by atoms with E-state index < -0.39 is 5.63 Å². The number of nitrogens with zero attached hydrogens (tertiary/aromatic N) is 3. The molecule has 0 spiro atoms. The molecule has 1 aliphatic heterocycles. The zero-order valence-electron chi connectivity index (χ0n) is 11.1. The number of rotatable bonds is 2. The lowest BCUT2D eigenvalue weighted by molar-refractivity contribution is 0.412. The molecule has 2 aromatic rings. The van der Waals surface area contributed by atoms with Crippen molar-refractivity contribution in [1.82, 2.24) is 9.97 Å². The van der Waals surface area contributed by atoms with E-state index in [-0.39, 0.29) is 11.8 Å². The van der Waals surface area contributed by atoms with Gasteiger partial charge < -0.3 is 14.4 Å². The highest BCUT2D eigenvalue weighted by Gasteiger charge is 2.32. The molecular formula is C14H15N3O3. The van der Waals surface area contributed by atoms with Crippen molar-refractivity contribution in [3.8, 4) is 5.75 Å². The van der Waals surface area contributed by atoms with Crippen molar-refractivity contribution >= 4 is 5.95 Å². The van der Waals surface area contributed by atoms with Crippen LogP contribution in [0.15, 0.2) is 33.7 Å². The fourth-order valence-electron chi connectivity index (χ4n) is 2.66. The minimum Gasteiger partial charge on any atom is -0.507 e. The van der Waals surface area contributed by atoms with Crippen molar-refractivity contribution < 1.29 is 9.52 Å². The number of aromatic hydroxyl groups is 1. The average Bonchev–Trinajstić information content (AvgIpc) is 2.87. The van der Waals surface area contributed by atoms with Gasteiger partial charge in [0.15, 0.2) is 0 Å². The molecule has 1 aliphatic rings. The van der Waals surface area contributed by atoms with E-state index in [1.807, 2.05) is 4.90 Å². The molecule has 0 aliphatic carbocycles. The van der Waals surface area contributed by atoms with Crippen LogP contribution in [0.1, 0.15) is 30.2 Å². The number of aromatic nitrogens is 2. The highest BCUT2D eigenvalue weighted by atomic mass is 16.4. The molecular weight excluding hydrogens is 258 g/mol. The average molecular weight is 273 g/mol. The third kappa shape index (κ3) is 2.13. The maximum Gasteiger partial charge on any atom is 0.344 e. The molecule has 1 atom stereocenters. The lowest BCUT2D eigenvalue weighted by Crippen LogP contribution is -2.28. The molecule has 20 heavy (non-hydrogen) atoms. The topological polar surface area (TPSA) is 79.5 Å². The van der Waals surface area contributed by atoms with Gasteiger partial charge in [-0.05, 0) is 25.8 Å². The maximum atomic E-state index is 12.0. The third-order valence-electron chi connectivity index (χ3n) is 3.48. The second kappa shape index (κ2) is 4.96.